The Balaban J connectivity index is 1.72. The van der Waals surface area contributed by atoms with Crippen molar-refractivity contribution >= 4 is 5.91 Å². The molecule has 0 aliphatic carbocycles. The Morgan fingerprint density at radius 2 is 2.53 bits per heavy atom. The van der Waals surface area contributed by atoms with E-state index >= 15 is 0 Å². The highest BCUT2D eigenvalue weighted by Crippen LogP contribution is 2.30. The minimum atomic E-state index is 0.105. The van der Waals surface area contributed by atoms with Gasteiger partial charge in [-0.15, -0.1) is 0 Å². The number of piperidine rings is 1. The molecule has 1 N–H and O–H groups in total. The molecule has 2 fully saturated rings. The first-order valence-corrected chi connectivity index (χ1v) is 5.40. The van der Waals surface area contributed by atoms with Crippen molar-refractivity contribution in [1.82, 2.24) is 10.2 Å². The number of carbonyl (C=O) groups excluding carboxylic acids is 1. The maximum absolute atomic E-state index is 12.0. The Hall–Kier alpha value is -1.29. The Labute approximate surface area is 88.2 Å². The van der Waals surface area contributed by atoms with Crippen LogP contribution in [0.25, 0.3) is 0 Å². The third-order valence-corrected chi connectivity index (χ3v) is 3.45. The van der Waals surface area contributed by atoms with Crippen LogP contribution in [0.15, 0.2) is 23.0 Å². The third kappa shape index (κ3) is 1.36. The van der Waals surface area contributed by atoms with Gasteiger partial charge in [-0.1, -0.05) is 0 Å². The molecule has 0 aromatic carbocycles. The van der Waals surface area contributed by atoms with Gasteiger partial charge in [0.05, 0.1) is 11.8 Å². The van der Waals surface area contributed by atoms with Gasteiger partial charge >= 0.3 is 0 Å². The van der Waals surface area contributed by atoms with Crippen molar-refractivity contribution in [3.05, 3.63) is 24.2 Å². The zero-order valence-electron chi connectivity index (χ0n) is 8.48. The van der Waals surface area contributed by atoms with Crippen LogP contribution in [0.2, 0.25) is 0 Å². The fourth-order valence-electron chi connectivity index (χ4n) is 2.51. The van der Waals surface area contributed by atoms with Crippen LogP contribution in [0.5, 0.6) is 0 Å². The molecule has 1 aromatic heterocycles. The number of hydrogen-bond acceptors (Lipinski definition) is 3. The van der Waals surface area contributed by atoms with Crippen LogP contribution in [0.4, 0.5) is 0 Å². The molecule has 0 saturated carbocycles. The summed E-state index contributed by atoms with van der Waals surface area (Å²) < 4.78 is 4.93. The monoisotopic (exact) mass is 206 g/mol. The molecule has 2 atom stereocenters. The van der Waals surface area contributed by atoms with E-state index in [0.717, 1.165) is 19.6 Å². The molecule has 4 nitrogen and oxygen atoms in total. The lowest BCUT2D eigenvalue weighted by atomic mass is 9.83. The van der Waals surface area contributed by atoms with E-state index in [2.05, 4.69) is 5.32 Å². The summed E-state index contributed by atoms with van der Waals surface area (Å²) in [5.74, 6) is 0.816. The number of amides is 1. The molecule has 0 spiro atoms. The average molecular weight is 206 g/mol. The van der Waals surface area contributed by atoms with Gasteiger partial charge in [-0.2, -0.15) is 0 Å². The highest BCUT2D eigenvalue weighted by atomic mass is 16.3. The van der Waals surface area contributed by atoms with Gasteiger partial charge in [0.25, 0.3) is 5.91 Å². The highest BCUT2D eigenvalue weighted by molar-refractivity contribution is 5.94. The molecule has 2 aliphatic rings. The van der Waals surface area contributed by atoms with Crippen LogP contribution < -0.4 is 5.32 Å². The fraction of sp³-hybridized carbons (Fsp3) is 0.545. The molecule has 2 saturated heterocycles. The van der Waals surface area contributed by atoms with Crippen LogP contribution in [-0.2, 0) is 0 Å². The molecular formula is C11H14N2O2. The second-order valence-corrected chi connectivity index (χ2v) is 4.29. The van der Waals surface area contributed by atoms with Crippen molar-refractivity contribution in [3.8, 4) is 0 Å². The van der Waals surface area contributed by atoms with Crippen molar-refractivity contribution in [1.29, 1.82) is 0 Å². The van der Waals surface area contributed by atoms with Crippen molar-refractivity contribution in [2.24, 2.45) is 5.92 Å². The molecule has 0 bridgehead atoms. The molecule has 4 heteroatoms. The first-order valence-electron chi connectivity index (χ1n) is 5.40. The molecule has 3 heterocycles. The summed E-state index contributed by atoms with van der Waals surface area (Å²) in [5.41, 5.74) is 0.666. The van der Waals surface area contributed by atoms with E-state index in [1.807, 2.05) is 4.90 Å². The summed E-state index contributed by atoms with van der Waals surface area (Å²) in [6.45, 7) is 2.94. The van der Waals surface area contributed by atoms with E-state index in [1.165, 1.54) is 12.7 Å². The van der Waals surface area contributed by atoms with Gasteiger partial charge in [0.15, 0.2) is 0 Å². The number of likely N-dealkylation sites (tertiary alicyclic amines) is 1. The van der Waals surface area contributed by atoms with Crippen molar-refractivity contribution in [2.75, 3.05) is 19.6 Å². The first-order chi connectivity index (χ1) is 7.36. The van der Waals surface area contributed by atoms with Crippen molar-refractivity contribution in [2.45, 2.75) is 12.5 Å². The average Bonchev–Trinajstić information content (AvgIpc) is 2.72. The second kappa shape index (κ2) is 3.38. The minimum Gasteiger partial charge on any atom is -0.472 e. The summed E-state index contributed by atoms with van der Waals surface area (Å²) in [4.78, 5) is 13.9. The lowest BCUT2D eigenvalue weighted by Gasteiger charge is -2.50. The Morgan fingerprint density at radius 3 is 3.27 bits per heavy atom. The maximum atomic E-state index is 12.0. The van der Waals surface area contributed by atoms with Crippen molar-refractivity contribution in [3.63, 3.8) is 0 Å². The van der Waals surface area contributed by atoms with E-state index in [0.29, 0.717) is 17.5 Å². The molecule has 0 radical (unpaired) electrons. The molecule has 1 aromatic rings. The van der Waals surface area contributed by atoms with Crippen LogP contribution >= 0.6 is 0 Å². The summed E-state index contributed by atoms with van der Waals surface area (Å²) in [6.07, 6.45) is 4.26. The highest BCUT2D eigenvalue weighted by Gasteiger charge is 2.43. The molecule has 80 valence electrons. The number of nitrogens with zero attached hydrogens (tertiary/aromatic N) is 1. The van der Waals surface area contributed by atoms with Gasteiger partial charge in [-0.05, 0) is 24.9 Å². The summed E-state index contributed by atoms with van der Waals surface area (Å²) in [5, 5.41) is 3.33. The summed E-state index contributed by atoms with van der Waals surface area (Å²) in [7, 11) is 0. The SMILES string of the molecule is O=C(c1ccoc1)N1CC2CCNCC21. The number of carbonyl (C=O) groups is 1. The van der Waals surface area contributed by atoms with E-state index in [4.69, 9.17) is 4.42 Å². The minimum absolute atomic E-state index is 0.105. The molecule has 3 rings (SSSR count). The quantitative estimate of drug-likeness (QED) is 0.736. The number of furan rings is 1. The molecular weight excluding hydrogens is 192 g/mol. The van der Waals surface area contributed by atoms with E-state index in [9.17, 15) is 4.79 Å². The molecule has 2 aliphatic heterocycles. The largest absolute Gasteiger partial charge is 0.472 e. The number of hydrogen-bond donors (Lipinski definition) is 1. The lowest BCUT2D eigenvalue weighted by Crippen LogP contribution is -2.65. The van der Waals surface area contributed by atoms with Crippen LogP contribution in [-0.4, -0.2) is 36.5 Å². The van der Waals surface area contributed by atoms with E-state index in [-0.39, 0.29) is 5.91 Å². The van der Waals surface area contributed by atoms with Crippen molar-refractivity contribution < 1.29 is 9.21 Å². The summed E-state index contributed by atoms with van der Waals surface area (Å²) >= 11 is 0. The maximum Gasteiger partial charge on any atom is 0.257 e. The number of nitrogens with one attached hydrogen (secondary N) is 1. The van der Waals surface area contributed by atoms with Gasteiger partial charge in [0.2, 0.25) is 0 Å². The Bertz CT molecular complexity index is 361. The topological polar surface area (TPSA) is 45.5 Å². The van der Waals surface area contributed by atoms with Gasteiger partial charge in [-0.25, -0.2) is 0 Å². The predicted octanol–water partition coefficient (Wildman–Crippen LogP) is 0.713. The van der Waals surface area contributed by atoms with Gasteiger partial charge in [0.1, 0.15) is 6.26 Å². The third-order valence-electron chi connectivity index (χ3n) is 3.45. The van der Waals surface area contributed by atoms with Gasteiger partial charge in [-0.3, -0.25) is 4.79 Å². The lowest BCUT2D eigenvalue weighted by molar-refractivity contribution is 0.00276. The van der Waals surface area contributed by atoms with E-state index in [1.54, 1.807) is 12.3 Å². The predicted molar refractivity (Wildman–Crippen MR) is 54.5 cm³/mol. The zero-order valence-corrected chi connectivity index (χ0v) is 8.48. The van der Waals surface area contributed by atoms with Crippen LogP contribution in [0.3, 0.4) is 0 Å². The fourth-order valence-corrected chi connectivity index (χ4v) is 2.51. The first kappa shape index (κ1) is 8.97. The van der Waals surface area contributed by atoms with Crippen LogP contribution in [0, 0.1) is 5.92 Å². The standard InChI is InChI=1S/C11H14N2O2/c14-11(9-2-4-15-7-9)13-6-8-1-3-12-5-10(8)13/h2,4,7-8,10,12H,1,3,5-6H2. The Morgan fingerprint density at radius 1 is 1.60 bits per heavy atom. The van der Waals surface area contributed by atoms with Gasteiger partial charge < -0.3 is 14.6 Å². The zero-order chi connectivity index (χ0) is 10.3. The molecule has 1 amide bonds. The van der Waals surface area contributed by atoms with E-state index < -0.39 is 0 Å². The smallest absolute Gasteiger partial charge is 0.257 e. The summed E-state index contributed by atoms with van der Waals surface area (Å²) in [6, 6.07) is 2.13. The number of fused-ring (bicyclic) bond motifs is 1. The molecule has 2 unspecified atom stereocenters. The van der Waals surface area contributed by atoms with Gasteiger partial charge in [0, 0.05) is 19.1 Å². The van der Waals surface area contributed by atoms with Crippen LogP contribution in [0.1, 0.15) is 16.8 Å². The Kier molecular flexibility index (Phi) is 2.02. The second-order valence-electron chi connectivity index (χ2n) is 4.29. The molecule has 15 heavy (non-hydrogen) atoms. The number of rotatable bonds is 1. The normalized spacial score (nSPS) is 29.5.